The molecule has 2 amide bonds. The van der Waals surface area contributed by atoms with E-state index in [1.54, 1.807) is 0 Å². The Hall–Kier alpha value is -2.19. The molecule has 0 N–H and O–H groups in total. The predicted molar refractivity (Wildman–Crippen MR) is 97.7 cm³/mol. The lowest BCUT2D eigenvalue weighted by Gasteiger charge is -2.32. The van der Waals surface area contributed by atoms with Crippen LogP contribution in [0.5, 0.6) is 0 Å². The van der Waals surface area contributed by atoms with Crippen molar-refractivity contribution in [3.63, 3.8) is 0 Å². The van der Waals surface area contributed by atoms with Gasteiger partial charge < -0.3 is 14.1 Å². The molecule has 0 saturated carbocycles. The highest BCUT2D eigenvalue weighted by Crippen LogP contribution is 2.36. The van der Waals surface area contributed by atoms with Crippen molar-refractivity contribution in [1.82, 2.24) is 5.06 Å². The maximum atomic E-state index is 11.9. The number of amides is 2. The Bertz CT molecular complexity index is 726. The van der Waals surface area contributed by atoms with Crippen molar-refractivity contribution >= 4 is 30.4 Å². The first-order valence-corrected chi connectivity index (χ1v) is 9.10. The van der Waals surface area contributed by atoms with Gasteiger partial charge in [0.1, 0.15) is 0 Å². The van der Waals surface area contributed by atoms with Crippen molar-refractivity contribution in [2.75, 3.05) is 0 Å². The molecule has 2 aliphatic heterocycles. The number of carbonyl (C=O) groups is 3. The summed E-state index contributed by atoms with van der Waals surface area (Å²) in [5.41, 5.74) is 1.05. The molecule has 1 aromatic rings. The van der Waals surface area contributed by atoms with Crippen LogP contribution in [0.15, 0.2) is 24.3 Å². The van der Waals surface area contributed by atoms with E-state index in [2.05, 4.69) is 0 Å². The molecule has 1 aromatic carbocycles. The number of carbonyl (C=O) groups excluding carboxylic acids is 3. The van der Waals surface area contributed by atoms with E-state index >= 15 is 0 Å². The molecule has 27 heavy (non-hydrogen) atoms. The Morgan fingerprint density at radius 3 is 2.07 bits per heavy atom. The van der Waals surface area contributed by atoms with Crippen molar-refractivity contribution in [2.24, 2.45) is 0 Å². The van der Waals surface area contributed by atoms with E-state index in [4.69, 9.17) is 14.1 Å². The zero-order valence-electron chi connectivity index (χ0n) is 16.1. The molecule has 2 aliphatic rings. The van der Waals surface area contributed by atoms with E-state index in [1.165, 1.54) is 0 Å². The van der Waals surface area contributed by atoms with Gasteiger partial charge in [-0.1, -0.05) is 24.3 Å². The Morgan fingerprint density at radius 2 is 1.56 bits per heavy atom. The molecule has 2 heterocycles. The van der Waals surface area contributed by atoms with Gasteiger partial charge in [0, 0.05) is 12.8 Å². The van der Waals surface area contributed by atoms with E-state index in [9.17, 15) is 14.4 Å². The molecule has 0 atom stereocenters. The number of benzene rings is 1. The molecule has 0 radical (unpaired) electrons. The van der Waals surface area contributed by atoms with E-state index < -0.39 is 36.1 Å². The molecule has 2 saturated heterocycles. The molecule has 144 valence electrons. The van der Waals surface area contributed by atoms with Crippen molar-refractivity contribution in [3.05, 3.63) is 29.8 Å². The quantitative estimate of drug-likeness (QED) is 0.575. The summed E-state index contributed by atoms with van der Waals surface area (Å²) in [5.74, 6) is -1.55. The van der Waals surface area contributed by atoms with Gasteiger partial charge in [-0.05, 0) is 45.1 Å². The molecule has 0 spiro atoms. The minimum atomic E-state index is -0.603. The van der Waals surface area contributed by atoms with E-state index in [-0.39, 0.29) is 19.3 Å². The van der Waals surface area contributed by atoms with E-state index in [0.717, 1.165) is 11.0 Å². The Kier molecular flexibility index (Phi) is 5.14. The first-order valence-electron chi connectivity index (χ1n) is 9.10. The van der Waals surface area contributed by atoms with Gasteiger partial charge in [-0.2, -0.15) is 0 Å². The summed E-state index contributed by atoms with van der Waals surface area (Å²) in [7, 11) is -0.429. The second-order valence-corrected chi connectivity index (χ2v) is 7.87. The zero-order chi connectivity index (χ0) is 19.8. The van der Waals surface area contributed by atoms with Crippen LogP contribution in [0.1, 0.15) is 52.5 Å². The topological polar surface area (TPSA) is 82.1 Å². The van der Waals surface area contributed by atoms with Gasteiger partial charge in [0.05, 0.1) is 17.6 Å². The number of hydroxylamine groups is 2. The zero-order valence-corrected chi connectivity index (χ0v) is 16.1. The lowest BCUT2D eigenvalue weighted by molar-refractivity contribution is -0.197. The smallest absolute Gasteiger partial charge is 0.399 e. The monoisotopic (exact) mass is 373 g/mol. The van der Waals surface area contributed by atoms with Crippen molar-refractivity contribution in [1.29, 1.82) is 0 Å². The molecular weight excluding hydrogens is 349 g/mol. The van der Waals surface area contributed by atoms with Crippen LogP contribution < -0.4 is 5.46 Å². The molecule has 2 fully saturated rings. The number of imide groups is 1. The van der Waals surface area contributed by atoms with Gasteiger partial charge in [-0.3, -0.25) is 9.59 Å². The Morgan fingerprint density at radius 1 is 1.04 bits per heavy atom. The van der Waals surface area contributed by atoms with Crippen LogP contribution in [0.25, 0.3) is 0 Å². The minimum absolute atomic E-state index is 0.0763. The van der Waals surface area contributed by atoms with Crippen molar-refractivity contribution in [3.8, 4) is 0 Å². The fourth-order valence-corrected chi connectivity index (χ4v) is 2.87. The molecule has 0 bridgehead atoms. The van der Waals surface area contributed by atoms with E-state index in [1.807, 2.05) is 52.0 Å². The first-order chi connectivity index (χ1) is 12.6. The Labute approximate surface area is 159 Å². The van der Waals surface area contributed by atoms with E-state index in [0.29, 0.717) is 11.5 Å². The number of rotatable bonds is 5. The maximum absolute atomic E-state index is 11.9. The summed E-state index contributed by atoms with van der Waals surface area (Å²) in [4.78, 5) is 39.6. The highest BCUT2D eigenvalue weighted by Gasteiger charge is 2.51. The summed E-state index contributed by atoms with van der Waals surface area (Å²) >= 11 is 0. The highest BCUT2D eigenvalue weighted by atomic mass is 16.7. The SMILES string of the molecule is CC1(C)OB(c2ccc(CCC(=O)ON3C(=O)CCC3=O)cc2)OC1(C)C. The number of hydrogen-bond donors (Lipinski definition) is 0. The molecule has 0 aliphatic carbocycles. The minimum Gasteiger partial charge on any atom is -0.399 e. The second kappa shape index (κ2) is 7.09. The third-order valence-electron chi connectivity index (χ3n) is 5.32. The summed E-state index contributed by atoms with van der Waals surface area (Å²) < 4.78 is 12.0. The van der Waals surface area contributed by atoms with Crippen LogP contribution in [0.4, 0.5) is 0 Å². The summed E-state index contributed by atoms with van der Waals surface area (Å²) in [6.45, 7) is 8.01. The largest absolute Gasteiger partial charge is 0.494 e. The van der Waals surface area contributed by atoms with Crippen LogP contribution in [0.3, 0.4) is 0 Å². The molecule has 0 unspecified atom stereocenters. The van der Waals surface area contributed by atoms with Crippen molar-refractivity contribution in [2.45, 2.75) is 64.6 Å². The fraction of sp³-hybridized carbons (Fsp3) is 0.526. The average molecular weight is 373 g/mol. The highest BCUT2D eigenvalue weighted by molar-refractivity contribution is 6.62. The van der Waals surface area contributed by atoms with Gasteiger partial charge in [-0.25, -0.2) is 4.79 Å². The predicted octanol–water partition coefficient (Wildman–Crippen LogP) is 1.53. The van der Waals surface area contributed by atoms with Gasteiger partial charge in [0.2, 0.25) is 0 Å². The fourth-order valence-electron chi connectivity index (χ4n) is 2.87. The second-order valence-electron chi connectivity index (χ2n) is 7.87. The summed E-state index contributed by atoms with van der Waals surface area (Å²) in [6.07, 6.45) is 0.699. The van der Waals surface area contributed by atoms with Gasteiger partial charge in [0.25, 0.3) is 11.8 Å². The molecule has 8 heteroatoms. The maximum Gasteiger partial charge on any atom is 0.494 e. The number of hydrogen-bond acceptors (Lipinski definition) is 6. The van der Waals surface area contributed by atoms with Crippen LogP contribution in [-0.4, -0.2) is 41.2 Å². The number of nitrogens with zero attached hydrogens (tertiary/aromatic N) is 1. The van der Waals surface area contributed by atoms with Crippen molar-refractivity contribution < 1.29 is 28.5 Å². The lowest BCUT2D eigenvalue weighted by Crippen LogP contribution is -2.41. The molecule has 3 rings (SSSR count). The van der Waals surface area contributed by atoms with Crippen LogP contribution in [-0.2, 0) is 35.0 Å². The third-order valence-corrected chi connectivity index (χ3v) is 5.32. The lowest BCUT2D eigenvalue weighted by atomic mass is 9.79. The molecular formula is C19H24BNO6. The van der Waals surface area contributed by atoms with Gasteiger partial charge in [0.15, 0.2) is 0 Å². The van der Waals surface area contributed by atoms with Crippen LogP contribution in [0.2, 0.25) is 0 Å². The normalized spacial score (nSPS) is 21.0. The average Bonchev–Trinajstić information content (AvgIpc) is 3.02. The van der Waals surface area contributed by atoms with Crippen LogP contribution >= 0.6 is 0 Å². The third kappa shape index (κ3) is 4.06. The van der Waals surface area contributed by atoms with Crippen LogP contribution in [0, 0.1) is 0 Å². The standard InChI is InChI=1S/C19H24BNO6/c1-18(2)19(3,4)27-20(26-18)14-8-5-13(6-9-14)7-12-17(24)25-21-15(22)10-11-16(21)23/h5-6,8-9H,7,10-12H2,1-4H3. The first kappa shape index (κ1) is 19.6. The van der Waals surface area contributed by atoms with Gasteiger partial charge in [-0.15, -0.1) is 5.06 Å². The summed E-state index contributed by atoms with van der Waals surface area (Å²) in [5, 5.41) is 0.573. The Balaban J connectivity index is 1.53. The molecule has 7 nitrogen and oxygen atoms in total. The number of aryl methyl sites for hydroxylation is 1. The summed E-state index contributed by atoms with van der Waals surface area (Å²) in [6, 6.07) is 7.63. The molecule has 0 aromatic heterocycles. The van der Waals surface area contributed by atoms with Gasteiger partial charge >= 0.3 is 13.1 Å².